The summed E-state index contributed by atoms with van der Waals surface area (Å²) >= 11 is 6.35. The highest BCUT2D eigenvalue weighted by atomic mass is 35.5. The number of hydrogen-bond acceptors (Lipinski definition) is 7. The molecule has 0 amide bonds. The van der Waals surface area contributed by atoms with E-state index in [1.54, 1.807) is 13.3 Å². The van der Waals surface area contributed by atoms with Crippen molar-refractivity contribution in [3.8, 4) is 11.1 Å². The summed E-state index contributed by atoms with van der Waals surface area (Å²) in [5.74, 6) is -0.329. The molecular weight excluding hydrogens is 395 g/mol. The lowest BCUT2D eigenvalue weighted by molar-refractivity contribution is 0.210. The van der Waals surface area contributed by atoms with Crippen LogP contribution in [0.2, 0.25) is 5.02 Å². The van der Waals surface area contributed by atoms with E-state index in [1.807, 2.05) is 37.3 Å². The fourth-order valence-corrected chi connectivity index (χ4v) is 2.98. The van der Waals surface area contributed by atoms with Gasteiger partial charge in [0.15, 0.2) is 11.6 Å². The van der Waals surface area contributed by atoms with Gasteiger partial charge in [-0.05, 0) is 36.2 Å². The summed E-state index contributed by atoms with van der Waals surface area (Å²) in [7, 11) is 1.57. The molecule has 0 saturated carbocycles. The third-order valence-corrected chi connectivity index (χ3v) is 4.31. The highest BCUT2D eigenvalue weighted by Gasteiger charge is 2.08. The molecular formula is C20H20ClFN6O. The van der Waals surface area contributed by atoms with E-state index in [2.05, 4.69) is 30.8 Å². The van der Waals surface area contributed by atoms with Gasteiger partial charge in [0.25, 0.3) is 0 Å². The average Bonchev–Trinajstić information content (AvgIpc) is 2.71. The molecule has 0 saturated heterocycles. The van der Waals surface area contributed by atoms with Gasteiger partial charge < -0.3 is 10.1 Å². The number of hydrogen-bond donors (Lipinski definition) is 2. The summed E-state index contributed by atoms with van der Waals surface area (Å²) in [6.07, 6.45) is 4.28. The molecule has 0 spiro atoms. The molecule has 3 rings (SSSR count). The number of aromatic nitrogens is 3. The first-order chi connectivity index (χ1) is 14.1. The first-order valence-electron chi connectivity index (χ1n) is 8.84. The number of hydrazone groups is 1. The number of anilines is 2. The molecule has 0 fully saturated rings. The third kappa shape index (κ3) is 5.46. The van der Waals surface area contributed by atoms with Gasteiger partial charge in [-0.3, -0.25) is 4.98 Å². The van der Waals surface area contributed by atoms with E-state index in [4.69, 9.17) is 16.3 Å². The van der Waals surface area contributed by atoms with Crippen molar-refractivity contribution >= 4 is 29.6 Å². The number of nitrogens with zero attached hydrogens (tertiary/aromatic N) is 4. The Bertz CT molecular complexity index is 994. The minimum Gasteiger partial charge on any atom is -0.383 e. The van der Waals surface area contributed by atoms with Crippen LogP contribution in [0, 0.1) is 12.7 Å². The molecule has 9 heteroatoms. The quantitative estimate of drug-likeness (QED) is 0.327. The van der Waals surface area contributed by atoms with Gasteiger partial charge >= 0.3 is 0 Å². The predicted molar refractivity (Wildman–Crippen MR) is 113 cm³/mol. The number of halogens is 2. The molecule has 2 N–H and O–H groups in total. The zero-order valence-electron chi connectivity index (χ0n) is 16.0. The molecule has 0 atom stereocenters. The van der Waals surface area contributed by atoms with Gasteiger partial charge in [-0.15, -0.1) is 0 Å². The standard InChI is InChI=1S/C20H20ClFN6O/c1-13-4-3-5-16(21)18(13)14-6-7-23-15(10-14)11-26-28-20-25-12-17(22)19(27-20)24-8-9-29-2/h3-7,10-12H,8-9H2,1-2H3,(H2,24,25,27,28)/b26-11-. The molecule has 7 nitrogen and oxygen atoms in total. The summed E-state index contributed by atoms with van der Waals surface area (Å²) in [6, 6.07) is 9.53. The second-order valence-corrected chi connectivity index (χ2v) is 6.49. The van der Waals surface area contributed by atoms with E-state index in [-0.39, 0.29) is 11.8 Å². The van der Waals surface area contributed by atoms with E-state index in [1.165, 1.54) is 6.21 Å². The maximum atomic E-state index is 13.7. The average molecular weight is 415 g/mol. The second kappa shape index (κ2) is 9.90. The van der Waals surface area contributed by atoms with Crippen molar-refractivity contribution in [2.45, 2.75) is 6.92 Å². The van der Waals surface area contributed by atoms with Crippen LogP contribution in [0.3, 0.4) is 0 Å². The van der Waals surface area contributed by atoms with Crippen molar-refractivity contribution < 1.29 is 9.13 Å². The predicted octanol–water partition coefficient (Wildman–Crippen LogP) is 4.14. The number of benzene rings is 1. The van der Waals surface area contributed by atoms with Crippen LogP contribution >= 0.6 is 11.6 Å². The van der Waals surface area contributed by atoms with Gasteiger partial charge in [-0.1, -0.05) is 23.7 Å². The minimum absolute atomic E-state index is 0.0732. The molecule has 29 heavy (non-hydrogen) atoms. The first kappa shape index (κ1) is 20.6. The van der Waals surface area contributed by atoms with E-state index < -0.39 is 5.82 Å². The van der Waals surface area contributed by atoms with Crippen LogP contribution in [0.4, 0.5) is 16.2 Å². The largest absolute Gasteiger partial charge is 0.383 e. The lowest BCUT2D eigenvalue weighted by Crippen LogP contribution is -2.11. The molecule has 0 bridgehead atoms. The Hall–Kier alpha value is -3.10. The smallest absolute Gasteiger partial charge is 0.245 e. The SMILES string of the molecule is COCCNc1nc(N/N=C\c2cc(-c3c(C)cccc3Cl)ccn2)ncc1F. The Balaban J connectivity index is 1.72. The zero-order chi connectivity index (χ0) is 20.6. The number of aryl methyl sites for hydroxylation is 1. The number of nitrogens with one attached hydrogen (secondary N) is 2. The zero-order valence-corrected chi connectivity index (χ0v) is 16.7. The second-order valence-electron chi connectivity index (χ2n) is 6.08. The Labute approximate surface area is 173 Å². The number of ether oxygens (including phenoxy) is 1. The maximum Gasteiger partial charge on any atom is 0.245 e. The Kier molecular flexibility index (Phi) is 7.04. The summed E-state index contributed by atoms with van der Waals surface area (Å²) in [4.78, 5) is 12.2. The van der Waals surface area contributed by atoms with Crippen molar-refractivity contribution in [1.29, 1.82) is 0 Å². The van der Waals surface area contributed by atoms with Crippen LogP contribution < -0.4 is 10.7 Å². The summed E-state index contributed by atoms with van der Waals surface area (Å²) in [5.41, 5.74) is 6.25. The van der Waals surface area contributed by atoms with Crippen LogP contribution in [0.15, 0.2) is 47.8 Å². The summed E-state index contributed by atoms with van der Waals surface area (Å²) in [5, 5.41) is 7.59. The minimum atomic E-state index is -0.555. The molecule has 0 aliphatic carbocycles. The Morgan fingerprint density at radius 3 is 2.93 bits per heavy atom. The highest BCUT2D eigenvalue weighted by molar-refractivity contribution is 6.33. The van der Waals surface area contributed by atoms with Gasteiger partial charge in [0.1, 0.15) is 0 Å². The van der Waals surface area contributed by atoms with Crippen LogP contribution in [-0.2, 0) is 4.74 Å². The van der Waals surface area contributed by atoms with Gasteiger partial charge in [-0.25, -0.2) is 14.8 Å². The van der Waals surface area contributed by atoms with Crippen molar-refractivity contribution in [2.24, 2.45) is 5.10 Å². The number of rotatable bonds is 8. The fraction of sp³-hybridized carbons (Fsp3) is 0.200. The van der Waals surface area contributed by atoms with Crippen molar-refractivity contribution in [2.75, 3.05) is 31.0 Å². The van der Waals surface area contributed by atoms with E-state index in [9.17, 15) is 4.39 Å². The van der Waals surface area contributed by atoms with Crippen LogP contribution in [-0.4, -0.2) is 41.4 Å². The van der Waals surface area contributed by atoms with Crippen molar-refractivity contribution in [3.05, 3.63) is 64.8 Å². The van der Waals surface area contributed by atoms with E-state index in [0.717, 1.165) is 22.9 Å². The molecule has 3 aromatic rings. The lowest BCUT2D eigenvalue weighted by atomic mass is 10.0. The van der Waals surface area contributed by atoms with E-state index in [0.29, 0.717) is 23.9 Å². The molecule has 0 aliphatic heterocycles. The van der Waals surface area contributed by atoms with E-state index >= 15 is 0 Å². The van der Waals surface area contributed by atoms with Gasteiger partial charge in [0.05, 0.1) is 24.7 Å². The summed E-state index contributed by atoms with van der Waals surface area (Å²) in [6.45, 7) is 2.85. The molecule has 1 aromatic carbocycles. The summed E-state index contributed by atoms with van der Waals surface area (Å²) < 4.78 is 18.7. The fourth-order valence-electron chi connectivity index (χ4n) is 2.64. The van der Waals surface area contributed by atoms with Crippen molar-refractivity contribution in [3.63, 3.8) is 0 Å². The number of methoxy groups -OCH3 is 1. The monoisotopic (exact) mass is 414 g/mol. The molecule has 0 radical (unpaired) electrons. The van der Waals surface area contributed by atoms with Gasteiger partial charge in [0.2, 0.25) is 5.95 Å². The first-order valence-corrected chi connectivity index (χ1v) is 9.22. The Morgan fingerprint density at radius 2 is 2.14 bits per heavy atom. The molecule has 150 valence electrons. The topological polar surface area (TPSA) is 84.3 Å². The van der Waals surface area contributed by atoms with Gasteiger partial charge in [-0.2, -0.15) is 10.1 Å². The normalized spacial score (nSPS) is 11.0. The van der Waals surface area contributed by atoms with Crippen LogP contribution in [0.1, 0.15) is 11.3 Å². The van der Waals surface area contributed by atoms with Crippen LogP contribution in [0.25, 0.3) is 11.1 Å². The highest BCUT2D eigenvalue weighted by Crippen LogP contribution is 2.30. The lowest BCUT2D eigenvalue weighted by Gasteiger charge is -2.09. The molecule has 0 aliphatic rings. The maximum absolute atomic E-state index is 13.7. The van der Waals surface area contributed by atoms with Crippen molar-refractivity contribution in [1.82, 2.24) is 15.0 Å². The Morgan fingerprint density at radius 1 is 1.28 bits per heavy atom. The molecule has 0 unspecified atom stereocenters. The molecule has 2 aromatic heterocycles. The van der Waals surface area contributed by atoms with Gasteiger partial charge in [0, 0.05) is 30.4 Å². The number of pyridine rings is 1. The molecule has 2 heterocycles. The third-order valence-electron chi connectivity index (χ3n) is 4.00. The van der Waals surface area contributed by atoms with Crippen LogP contribution in [0.5, 0.6) is 0 Å².